The Morgan fingerprint density at radius 2 is 1.84 bits per heavy atom. The van der Waals surface area contributed by atoms with Gasteiger partial charge in [0, 0.05) is 12.4 Å². The predicted octanol–water partition coefficient (Wildman–Crippen LogP) is 4.77. The third-order valence-corrected chi connectivity index (χ3v) is 3.70. The van der Waals surface area contributed by atoms with Crippen LogP contribution in [-0.4, -0.2) is 4.98 Å². The van der Waals surface area contributed by atoms with Crippen molar-refractivity contribution < 1.29 is 0 Å². The van der Waals surface area contributed by atoms with E-state index in [-0.39, 0.29) is 0 Å². The number of benzene rings is 1. The number of aromatic nitrogens is 1. The third-order valence-electron chi connectivity index (χ3n) is 3.70. The molecular weight excluding hydrogens is 230 g/mol. The van der Waals surface area contributed by atoms with Gasteiger partial charge in [-0.1, -0.05) is 50.6 Å². The lowest BCUT2D eigenvalue weighted by Crippen LogP contribution is -2.02. The summed E-state index contributed by atoms with van der Waals surface area (Å²) in [7, 11) is 0. The van der Waals surface area contributed by atoms with Gasteiger partial charge in [0.05, 0.1) is 0 Å². The SMILES string of the molecule is CCCc1cnccc1C(C)CCc1ccccc1. The zero-order chi connectivity index (χ0) is 13.5. The van der Waals surface area contributed by atoms with Crippen LogP contribution in [0.5, 0.6) is 0 Å². The van der Waals surface area contributed by atoms with Gasteiger partial charge in [-0.2, -0.15) is 0 Å². The molecule has 1 aromatic heterocycles. The Balaban J connectivity index is 2.01. The van der Waals surface area contributed by atoms with Crippen molar-refractivity contribution in [3.63, 3.8) is 0 Å². The number of hydrogen-bond acceptors (Lipinski definition) is 1. The summed E-state index contributed by atoms with van der Waals surface area (Å²) in [5.74, 6) is 0.602. The van der Waals surface area contributed by atoms with Crippen LogP contribution in [0.4, 0.5) is 0 Å². The van der Waals surface area contributed by atoms with Crippen molar-refractivity contribution >= 4 is 0 Å². The number of hydrogen-bond donors (Lipinski definition) is 0. The Hall–Kier alpha value is -1.63. The van der Waals surface area contributed by atoms with E-state index >= 15 is 0 Å². The van der Waals surface area contributed by atoms with Crippen molar-refractivity contribution in [3.05, 3.63) is 65.5 Å². The first kappa shape index (κ1) is 13.8. The minimum absolute atomic E-state index is 0.602. The van der Waals surface area contributed by atoms with E-state index < -0.39 is 0 Å². The normalized spacial score (nSPS) is 12.3. The molecule has 1 heterocycles. The van der Waals surface area contributed by atoms with Crippen molar-refractivity contribution in [3.8, 4) is 0 Å². The van der Waals surface area contributed by atoms with Gasteiger partial charge in [0.2, 0.25) is 0 Å². The Bertz CT molecular complexity index is 490. The molecular formula is C18H23N. The van der Waals surface area contributed by atoms with Crippen LogP contribution in [0, 0.1) is 0 Å². The summed E-state index contributed by atoms with van der Waals surface area (Å²) in [4.78, 5) is 4.26. The van der Waals surface area contributed by atoms with Crippen LogP contribution in [0.15, 0.2) is 48.8 Å². The predicted molar refractivity (Wildman–Crippen MR) is 81.4 cm³/mol. The molecule has 0 aliphatic heterocycles. The van der Waals surface area contributed by atoms with Gasteiger partial charge < -0.3 is 0 Å². The van der Waals surface area contributed by atoms with Crippen LogP contribution in [0.1, 0.15) is 49.3 Å². The number of aryl methyl sites for hydroxylation is 2. The van der Waals surface area contributed by atoms with Crippen molar-refractivity contribution in [1.82, 2.24) is 4.98 Å². The van der Waals surface area contributed by atoms with E-state index in [0.29, 0.717) is 5.92 Å². The Kier molecular flexibility index (Phi) is 5.14. The molecule has 0 aliphatic carbocycles. The maximum Gasteiger partial charge on any atom is 0.0302 e. The fourth-order valence-electron chi connectivity index (χ4n) is 2.58. The summed E-state index contributed by atoms with van der Waals surface area (Å²) in [6.07, 6.45) is 8.63. The van der Waals surface area contributed by atoms with Crippen LogP contribution in [-0.2, 0) is 12.8 Å². The van der Waals surface area contributed by atoms with Crippen LogP contribution >= 0.6 is 0 Å². The standard InChI is InChI=1S/C18H23N/c1-3-7-17-14-19-13-12-18(17)15(2)10-11-16-8-5-4-6-9-16/h4-6,8-9,12-15H,3,7,10-11H2,1-2H3. The van der Waals surface area contributed by atoms with Gasteiger partial charge >= 0.3 is 0 Å². The highest BCUT2D eigenvalue weighted by molar-refractivity contribution is 5.27. The number of rotatable bonds is 6. The molecule has 0 saturated carbocycles. The maximum absolute atomic E-state index is 4.26. The summed E-state index contributed by atoms with van der Waals surface area (Å²) < 4.78 is 0. The fourth-order valence-corrected chi connectivity index (χ4v) is 2.58. The van der Waals surface area contributed by atoms with E-state index in [2.05, 4.69) is 55.2 Å². The van der Waals surface area contributed by atoms with Gasteiger partial charge in [0.15, 0.2) is 0 Å². The quantitative estimate of drug-likeness (QED) is 0.722. The molecule has 0 spiro atoms. The second-order valence-electron chi connectivity index (χ2n) is 5.25. The lowest BCUT2D eigenvalue weighted by atomic mass is 9.90. The summed E-state index contributed by atoms with van der Waals surface area (Å²) in [6, 6.07) is 12.9. The van der Waals surface area contributed by atoms with Crippen LogP contribution in [0.25, 0.3) is 0 Å². The Labute approximate surface area is 116 Å². The molecule has 0 bridgehead atoms. The molecule has 2 aromatic rings. The third kappa shape index (κ3) is 3.92. The first-order valence-electron chi connectivity index (χ1n) is 7.28. The van der Waals surface area contributed by atoms with Crippen molar-refractivity contribution in [2.75, 3.05) is 0 Å². The van der Waals surface area contributed by atoms with Gasteiger partial charge in [-0.15, -0.1) is 0 Å². The molecule has 0 N–H and O–H groups in total. The zero-order valence-corrected chi connectivity index (χ0v) is 12.0. The molecule has 1 aromatic carbocycles. The maximum atomic E-state index is 4.26. The molecule has 0 saturated heterocycles. The lowest BCUT2D eigenvalue weighted by Gasteiger charge is -2.15. The monoisotopic (exact) mass is 253 g/mol. The average molecular weight is 253 g/mol. The van der Waals surface area contributed by atoms with Crippen molar-refractivity contribution in [1.29, 1.82) is 0 Å². The smallest absolute Gasteiger partial charge is 0.0302 e. The molecule has 0 fully saturated rings. The first-order valence-corrected chi connectivity index (χ1v) is 7.28. The van der Waals surface area contributed by atoms with Gasteiger partial charge in [0.1, 0.15) is 0 Å². The molecule has 1 unspecified atom stereocenters. The Morgan fingerprint density at radius 1 is 1.05 bits per heavy atom. The second kappa shape index (κ2) is 7.08. The minimum atomic E-state index is 0.602. The van der Waals surface area contributed by atoms with Crippen molar-refractivity contribution in [2.45, 2.75) is 45.4 Å². The average Bonchev–Trinajstić information content (AvgIpc) is 2.47. The van der Waals surface area contributed by atoms with Crippen molar-refractivity contribution in [2.24, 2.45) is 0 Å². The summed E-state index contributed by atoms with van der Waals surface area (Å²) in [5.41, 5.74) is 4.33. The van der Waals surface area contributed by atoms with Gasteiger partial charge in [-0.05, 0) is 47.9 Å². The second-order valence-corrected chi connectivity index (χ2v) is 5.25. The van der Waals surface area contributed by atoms with Gasteiger partial charge in [-0.3, -0.25) is 4.98 Å². The minimum Gasteiger partial charge on any atom is -0.264 e. The molecule has 0 amide bonds. The number of pyridine rings is 1. The molecule has 19 heavy (non-hydrogen) atoms. The first-order chi connectivity index (χ1) is 9.31. The van der Waals surface area contributed by atoms with E-state index in [1.54, 1.807) is 0 Å². The molecule has 0 radical (unpaired) electrons. The largest absolute Gasteiger partial charge is 0.264 e. The Morgan fingerprint density at radius 3 is 2.58 bits per heavy atom. The van der Waals surface area contributed by atoms with Gasteiger partial charge in [0.25, 0.3) is 0 Å². The van der Waals surface area contributed by atoms with E-state index in [0.717, 1.165) is 12.8 Å². The van der Waals surface area contributed by atoms with Crippen LogP contribution in [0.2, 0.25) is 0 Å². The molecule has 1 atom stereocenters. The highest BCUT2D eigenvalue weighted by atomic mass is 14.6. The highest BCUT2D eigenvalue weighted by Gasteiger charge is 2.10. The molecule has 2 rings (SSSR count). The summed E-state index contributed by atoms with van der Waals surface area (Å²) in [6.45, 7) is 4.56. The zero-order valence-electron chi connectivity index (χ0n) is 12.0. The van der Waals surface area contributed by atoms with Crippen LogP contribution < -0.4 is 0 Å². The van der Waals surface area contributed by atoms with E-state index in [9.17, 15) is 0 Å². The summed E-state index contributed by atoms with van der Waals surface area (Å²) in [5, 5.41) is 0. The van der Waals surface area contributed by atoms with E-state index in [1.807, 2.05) is 12.4 Å². The lowest BCUT2D eigenvalue weighted by molar-refractivity contribution is 0.668. The molecule has 1 heteroatoms. The number of nitrogens with zero attached hydrogens (tertiary/aromatic N) is 1. The van der Waals surface area contributed by atoms with Crippen LogP contribution in [0.3, 0.4) is 0 Å². The van der Waals surface area contributed by atoms with E-state index in [4.69, 9.17) is 0 Å². The molecule has 100 valence electrons. The van der Waals surface area contributed by atoms with Gasteiger partial charge in [-0.25, -0.2) is 0 Å². The summed E-state index contributed by atoms with van der Waals surface area (Å²) >= 11 is 0. The highest BCUT2D eigenvalue weighted by Crippen LogP contribution is 2.24. The fraction of sp³-hybridized carbons (Fsp3) is 0.389. The topological polar surface area (TPSA) is 12.9 Å². The molecule has 1 nitrogen and oxygen atoms in total. The van der Waals surface area contributed by atoms with E-state index in [1.165, 1.54) is 29.5 Å². The molecule has 0 aliphatic rings.